The summed E-state index contributed by atoms with van der Waals surface area (Å²) in [6.07, 6.45) is 4.39. The predicted octanol–water partition coefficient (Wildman–Crippen LogP) is 4.57. The third-order valence-electron chi connectivity index (χ3n) is 6.11. The molecule has 4 rings (SSSR count). The zero-order chi connectivity index (χ0) is 26.4. The van der Waals surface area contributed by atoms with Crippen molar-refractivity contribution in [2.24, 2.45) is 18.0 Å². The van der Waals surface area contributed by atoms with Gasteiger partial charge in [0.15, 0.2) is 0 Å². The fourth-order valence-electron chi connectivity index (χ4n) is 3.98. The monoisotopic (exact) mass is 522 g/mol. The Morgan fingerprint density at radius 3 is 2.89 bits per heavy atom. The molecule has 10 heteroatoms. The van der Waals surface area contributed by atoms with E-state index in [2.05, 4.69) is 27.7 Å². The van der Waals surface area contributed by atoms with Crippen molar-refractivity contribution in [2.75, 3.05) is 32.1 Å². The number of fused-ring (bicyclic) bond motifs is 1. The summed E-state index contributed by atoms with van der Waals surface area (Å²) in [6, 6.07) is 11.2. The lowest BCUT2D eigenvalue weighted by atomic mass is 10.1. The van der Waals surface area contributed by atoms with Gasteiger partial charge in [-0.25, -0.2) is 4.98 Å². The highest BCUT2D eigenvalue weighted by Gasteiger charge is 2.16. The maximum absolute atomic E-state index is 11.9. The average molecular weight is 523 g/mol. The van der Waals surface area contributed by atoms with Crippen LogP contribution in [-0.2, 0) is 11.8 Å². The molecule has 194 valence electrons. The first kappa shape index (κ1) is 26.2. The number of allylic oxidation sites excluding steroid dienone is 2. The molecular weight excluding hydrogens is 492 g/mol. The van der Waals surface area contributed by atoms with Crippen LogP contribution in [0.2, 0.25) is 5.02 Å². The highest BCUT2D eigenvalue weighted by atomic mass is 35.5. The molecule has 1 fully saturated rings. The molecule has 0 aliphatic carbocycles. The summed E-state index contributed by atoms with van der Waals surface area (Å²) in [5.41, 5.74) is 2.65. The first-order valence-electron chi connectivity index (χ1n) is 12.0. The van der Waals surface area contributed by atoms with E-state index in [9.17, 15) is 4.79 Å². The molecular formula is C27H31ClN6O3. The van der Waals surface area contributed by atoms with Gasteiger partial charge in [0.2, 0.25) is 5.95 Å². The minimum atomic E-state index is -0.345. The van der Waals surface area contributed by atoms with Crippen molar-refractivity contribution >= 4 is 46.9 Å². The van der Waals surface area contributed by atoms with E-state index in [4.69, 9.17) is 26.1 Å². The van der Waals surface area contributed by atoms with Gasteiger partial charge >= 0.3 is 0 Å². The van der Waals surface area contributed by atoms with Gasteiger partial charge in [-0.3, -0.25) is 9.79 Å². The van der Waals surface area contributed by atoms with Crippen LogP contribution in [-0.4, -0.2) is 48.9 Å². The second-order valence-corrected chi connectivity index (χ2v) is 9.05. The molecule has 1 atom stereocenters. The van der Waals surface area contributed by atoms with Gasteiger partial charge in [0.25, 0.3) is 5.91 Å². The quantitative estimate of drug-likeness (QED) is 0.156. The Kier molecular flexibility index (Phi) is 8.47. The number of halogens is 1. The number of nitrogens with one attached hydrogen (secondary N) is 3. The van der Waals surface area contributed by atoms with Crippen LogP contribution in [0.4, 0.5) is 11.6 Å². The van der Waals surface area contributed by atoms with E-state index >= 15 is 0 Å². The van der Waals surface area contributed by atoms with Crippen LogP contribution in [0.5, 0.6) is 11.5 Å². The van der Waals surface area contributed by atoms with Crippen molar-refractivity contribution in [3.05, 3.63) is 65.0 Å². The second-order valence-electron chi connectivity index (χ2n) is 8.64. The Balaban J connectivity index is 1.51. The number of aliphatic imine (C=N–C) groups is 1. The first-order chi connectivity index (χ1) is 17.9. The largest absolute Gasteiger partial charge is 0.492 e. The van der Waals surface area contributed by atoms with Crippen molar-refractivity contribution in [2.45, 2.75) is 13.3 Å². The van der Waals surface area contributed by atoms with Crippen LogP contribution in [0.25, 0.3) is 11.0 Å². The van der Waals surface area contributed by atoms with Crippen LogP contribution in [0.3, 0.4) is 0 Å². The minimum Gasteiger partial charge on any atom is -0.492 e. The number of rotatable bonds is 10. The molecule has 1 aromatic heterocycles. The van der Waals surface area contributed by atoms with E-state index in [1.165, 1.54) is 13.1 Å². The van der Waals surface area contributed by atoms with E-state index in [0.717, 1.165) is 36.2 Å². The molecule has 2 aromatic carbocycles. The summed E-state index contributed by atoms with van der Waals surface area (Å²) in [7, 11) is 3.45. The number of hydrogen-bond donors (Lipinski definition) is 3. The molecule has 0 bridgehead atoms. The molecule has 0 saturated carbocycles. The summed E-state index contributed by atoms with van der Waals surface area (Å²) >= 11 is 6.37. The SMILES string of the molecule is C=N/C(=C\C(=C/C)Oc1ccc2nc(Nc3ccc(Cl)c(OCC4CCNC4)c3)n(C)c2c1)C(=O)NC. The highest BCUT2D eigenvalue weighted by molar-refractivity contribution is 6.32. The lowest BCUT2D eigenvalue weighted by Crippen LogP contribution is -2.19. The number of hydrogen-bond acceptors (Lipinski definition) is 7. The summed E-state index contributed by atoms with van der Waals surface area (Å²) in [5.74, 6) is 2.51. The Hall–Kier alpha value is -3.82. The molecule has 1 aliphatic heterocycles. The standard InChI is InChI=1S/C27H31ClN6O3/c1-5-19(13-23(29-2)26(35)30-3)37-20-7-9-22-24(14-20)34(4)27(33-22)32-18-6-8-21(28)25(12-18)36-16-17-10-11-31-15-17/h5-9,12-14,17,31H,2,10-11,15-16H2,1,3-4H3,(H,30,35)(H,32,33)/b19-5+,23-13-. The smallest absolute Gasteiger partial charge is 0.269 e. The van der Waals surface area contributed by atoms with E-state index < -0.39 is 0 Å². The Labute approximate surface area is 221 Å². The van der Waals surface area contributed by atoms with Gasteiger partial charge in [0.05, 0.1) is 22.7 Å². The third-order valence-corrected chi connectivity index (χ3v) is 6.42. The number of benzene rings is 2. The molecule has 0 radical (unpaired) electrons. The molecule has 1 saturated heterocycles. The number of aromatic nitrogens is 2. The molecule has 3 aromatic rings. The fourth-order valence-corrected chi connectivity index (χ4v) is 4.16. The first-order valence-corrected chi connectivity index (χ1v) is 12.4. The van der Waals surface area contributed by atoms with Gasteiger partial charge in [-0.05, 0) is 56.9 Å². The molecule has 2 heterocycles. The van der Waals surface area contributed by atoms with E-state index in [1.54, 1.807) is 6.08 Å². The van der Waals surface area contributed by atoms with Crippen LogP contribution in [0, 0.1) is 5.92 Å². The number of likely N-dealkylation sites (N-methyl/N-ethyl adjacent to an activating group) is 1. The number of anilines is 2. The molecule has 9 nitrogen and oxygen atoms in total. The van der Waals surface area contributed by atoms with Gasteiger partial charge < -0.3 is 30.0 Å². The maximum atomic E-state index is 11.9. The third kappa shape index (κ3) is 6.31. The number of aryl methyl sites for hydroxylation is 1. The van der Waals surface area contributed by atoms with Crippen molar-refractivity contribution in [3.63, 3.8) is 0 Å². The Morgan fingerprint density at radius 2 is 2.19 bits per heavy atom. The molecule has 1 unspecified atom stereocenters. The number of nitrogens with zero attached hydrogens (tertiary/aromatic N) is 3. The topological polar surface area (TPSA) is 102 Å². The number of carbonyl (C=O) groups excluding carboxylic acids is 1. The van der Waals surface area contributed by atoms with Crippen molar-refractivity contribution < 1.29 is 14.3 Å². The maximum Gasteiger partial charge on any atom is 0.269 e. The van der Waals surface area contributed by atoms with Crippen molar-refractivity contribution in [1.29, 1.82) is 0 Å². The van der Waals surface area contributed by atoms with Gasteiger partial charge in [-0.15, -0.1) is 0 Å². The molecule has 37 heavy (non-hydrogen) atoms. The van der Waals surface area contributed by atoms with Crippen LogP contribution in [0.15, 0.2) is 65.0 Å². The highest BCUT2D eigenvalue weighted by Crippen LogP contribution is 2.31. The van der Waals surface area contributed by atoms with Crippen LogP contribution < -0.4 is 25.4 Å². The van der Waals surface area contributed by atoms with Gasteiger partial charge in [-0.1, -0.05) is 11.6 Å². The Bertz CT molecular complexity index is 1360. The van der Waals surface area contributed by atoms with E-state index in [0.29, 0.717) is 40.8 Å². The predicted molar refractivity (Wildman–Crippen MR) is 148 cm³/mol. The van der Waals surface area contributed by atoms with E-state index in [-0.39, 0.29) is 11.6 Å². The normalized spacial score (nSPS) is 16.1. The molecule has 3 N–H and O–H groups in total. The van der Waals surface area contributed by atoms with Gasteiger partial charge in [-0.2, -0.15) is 0 Å². The van der Waals surface area contributed by atoms with Gasteiger partial charge in [0.1, 0.15) is 23.0 Å². The lowest BCUT2D eigenvalue weighted by molar-refractivity contribution is -0.117. The number of amides is 1. The zero-order valence-electron chi connectivity index (χ0n) is 21.2. The number of imidazole rings is 1. The number of carbonyl (C=O) groups is 1. The van der Waals surface area contributed by atoms with Gasteiger partial charge in [0, 0.05) is 50.5 Å². The summed E-state index contributed by atoms with van der Waals surface area (Å²) in [6.45, 7) is 7.89. The zero-order valence-corrected chi connectivity index (χ0v) is 21.9. The summed E-state index contributed by atoms with van der Waals surface area (Å²) < 4.78 is 13.9. The molecule has 1 aliphatic rings. The van der Waals surface area contributed by atoms with Crippen LogP contribution in [0.1, 0.15) is 13.3 Å². The summed E-state index contributed by atoms with van der Waals surface area (Å²) in [4.78, 5) is 20.4. The fraction of sp³-hybridized carbons (Fsp3) is 0.296. The molecule has 1 amide bonds. The Morgan fingerprint density at radius 1 is 1.35 bits per heavy atom. The lowest BCUT2D eigenvalue weighted by Gasteiger charge is -2.14. The van der Waals surface area contributed by atoms with E-state index in [1.807, 2.05) is 54.9 Å². The van der Waals surface area contributed by atoms with Crippen molar-refractivity contribution in [1.82, 2.24) is 20.2 Å². The number of ether oxygens (including phenoxy) is 2. The average Bonchev–Trinajstić information content (AvgIpc) is 3.54. The van der Waals surface area contributed by atoms with Crippen molar-refractivity contribution in [3.8, 4) is 11.5 Å². The minimum absolute atomic E-state index is 0.162. The molecule has 0 spiro atoms. The summed E-state index contributed by atoms with van der Waals surface area (Å²) in [5, 5.41) is 9.81. The van der Waals surface area contributed by atoms with Crippen LogP contribution >= 0.6 is 11.6 Å². The second kappa shape index (κ2) is 11.9.